The van der Waals surface area contributed by atoms with Gasteiger partial charge in [0.05, 0.1) is 10.9 Å². The van der Waals surface area contributed by atoms with Gasteiger partial charge in [0.1, 0.15) is 0 Å². The quantitative estimate of drug-likeness (QED) is 0.696. The van der Waals surface area contributed by atoms with Gasteiger partial charge in [-0.25, -0.2) is 0 Å². The zero-order valence-corrected chi connectivity index (χ0v) is 10.3. The van der Waals surface area contributed by atoms with E-state index in [2.05, 4.69) is 15.9 Å². The topological polar surface area (TPSA) is 29.5 Å². The Morgan fingerprint density at radius 1 is 1.54 bits per heavy atom. The van der Waals surface area contributed by atoms with Crippen molar-refractivity contribution in [1.82, 2.24) is 4.90 Å². The number of alkyl halides is 1. The molecule has 0 aliphatic carbocycles. The van der Waals surface area contributed by atoms with Gasteiger partial charge in [-0.1, -0.05) is 15.9 Å². The second-order valence-corrected chi connectivity index (χ2v) is 5.33. The maximum Gasteiger partial charge on any atom is 0.238 e. The Morgan fingerprint density at radius 3 is 2.38 bits per heavy atom. The van der Waals surface area contributed by atoms with Gasteiger partial charge in [-0.05, 0) is 20.8 Å². The number of rotatable bonds is 5. The molecule has 0 saturated carbocycles. The van der Waals surface area contributed by atoms with Crippen LogP contribution in [0.15, 0.2) is 0 Å². The summed E-state index contributed by atoms with van der Waals surface area (Å²) in [5.74, 6) is 0.104. The van der Waals surface area contributed by atoms with E-state index in [0.29, 0.717) is 13.2 Å². The molecule has 4 heteroatoms. The van der Waals surface area contributed by atoms with Gasteiger partial charge in [0.2, 0.25) is 5.91 Å². The number of halogens is 1. The molecule has 0 N–H and O–H groups in total. The summed E-state index contributed by atoms with van der Waals surface area (Å²) >= 11 is 3.35. The predicted octanol–water partition coefficient (Wildman–Crippen LogP) is 1.65. The second kappa shape index (κ2) is 5.60. The first-order valence-electron chi connectivity index (χ1n) is 4.40. The number of hydrogen-bond donors (Lipinski definition) is 0. The highest BCUT2D eigenvalue weighted by Crippen LogP contribution is 2.18. The average molecular weight is 252 g/mol. The number of nitrogens with zero attached hydrogens (tertiary/aromatic N) is 1. The molecule has 0 heterocycles. The summed E-state index contributed by atoms with van der Waals surface area (Å²) in [5, 5.41) is 0. The molecule has 3 nitrogen and oxygen atoms in total. The maximum atomic E-state index is 11.7. The fraction of sp³-hybridized carbons (Fsp3) is 0.889. The summed E-state index contributed by atoms with van der Waals surface area (Å²) in [5.41, 5.74) is 0. The molecule has 0 fully saturated rings. The number of methoxy groups -OCH3 is 1. The molecule has 0 aromatic heterocycles. The number of ether oxygens (including phenoxy) is 1. The van der Waals surface area contributed by atoms with Crippen LogP contribution in [0.2, 0.25) is 0 Å². The maximum absolute atomic E-state index is 11.7. The summed E-state index contributed by atoms with van der Waals surface area (Å²) in [6.07, 6.45) is 0. The lowest BCUT2D eigenvalue weighted by atomic mass is 10.2. The molecule has 13 heavy (non-hydrogen) atoms. The second-order valence-electron chi connectivity index (χ2n) is 3.35. The van der Waals surface area contributed by atoms with Crippen molar-refractivity contribution in [3.05, 3.63) is 0 Å². The molecule has 78 valence electrons. The van der Waals surface area contributed by atoms with E-state index in [1.54, 1.807) is 12.0 Å². The fourth-order valence-corrected chi connectivity index (χ4v) is 1.23. The third kappa shape index (κ3) is 4.62. The highest BCUT2D eigenvalue weighted by molar-refractivity contribution is 9.10. The molecule has 0 radical (unpaired) electrons. The Kier molecular flexibility index (Phi) is 5.56. The summed E-state index contributed by atoms with van der Waals surface area (Å²) in [7, 11) is 1.64. The van der Waals surface area contributed by atoms with Gasteiger partial charge < -0.3 is 9.64 Å². The molecule has 0 bridgehead atoms. The van der Waals surface area contributed by atoms with Gasteiger partial charge >= 0.3 is 0 Å². The Balaban J connectivity index is 4.16. The van der Waals surface area contributed by atoms with Crippen molar-refractivity contribution in [2.75, 3.05) is 26.8 Å². The third-order valence-electron chi connectivity index (χ3n) is 1.74. The molecular weight excluding hydrogens is 234 g/mol. The summed E-state index contributed by atoms with van der Waals surface area (Å²) in [4.78, 5) is 13.5. The Labute approximate surface area is 88.6 Å². The molecule has 0 aliphatic heterocycles. The van der Waals surface area contributed by atoms with E-state index in [4.69, 9.17) is 4.74 Å². The first kappa shape index (κ1) is 12.9. The lowest BCUT2D eigenvalue weighted by molar-refractivity contribution is -0.133. The summed E-state index contributed by atoms with van der Waals surface area (Å²) < 4.78 is 4.45. The predicted molar refractivity (Wildman–Crippen MR) is 57.1 cm³/mol. The van der Waals surface area contributed by atoms with Crippen molar-refractivity contribution in [3.8, 4) is 0 Å². The van der Waals surface area contributed by atoms with E-state index in [9.17, 15) is 4.79 Å². The van der Waals surface area contributed by atoms with E-state index in [1.807, 2.05) is 20.8 Å². The summed E-state index contributed by atoms with van der Waals surface area (Å²) in [6, 6.07) is 0. The average Bonchev–Trinajstić information content (AvgIpc) is 2.04. The van der Waals surface area contributed by atoms with Crippen molar-refractivity contribution in [2.24, 2.45) is 0 Å². The number of carbonyl (C=O) groups is 1. The fourth-order valence-electron chi connectivity index (χ4n) is 0.981. The van der Waals surface area contributed by atoms with E-state index in [-0.39, 0.29) is 5.91 Å². The van der Waals surface area contributed by atoms with Gasteiger partial charge in [0.15, 0.2) is 0 Å². The molecule has 0 unspecified atom stereocenters. The van der Waals surface area contributed by atoms with Crippen LogP contribution in [0.5, 0.6) is 0 Å². The normalized spacial score (nSPS) is 11.5. The molecule has 0 spiro atoms. The van der Waals surface area contributed by atoms with Gasteiger partial charge in [0.25, 0.3) is 0 Å². The zero-order valence-electron chi connectivity index (χ0n) is 8.76. The van der Waals surface area contributed by atoms with Gasteiger partial charge in [-0.3, -0.25) is 4.79 Å². The molecule has 0 aromatic carbocycles. The molecule has 0 aliphatic rings. The Hall–Kier alpha value is -0.0900. The molecule has 0 aromatic rings. The van der Waals surface area contributed by atoms with Crippen LogP contribution < -0.4 is 0 Å². The van der Waals surface area contributed by atoms with Crippen molar-refractivity contribution < 1.29 is 9.53 Å². The highest BCUT2D eigenvalue weighted by atomic mass is 79.9. The van der Waals surface area contributed by atoms with E-state index < -0.39 is 4.32 Å². The first-order chi connectivity index (χ1) is 5.93. The largest absolute Gasteiger partial charge is 0.383 e. The van der Waals surface area contributed by atoms with Crippen molar-refractivity contribution in [1.29, 1.82) is 0 Å². The molecular formula is C9H18BrNO2. The molecule has 1 amide bonds. The summed E-state index contributed by atoms with van der Waals surface area (Å²) in [6.45, 7) is 7.63. The monoisotopic (exact) mass is 251 g/mol. The minimum absolute atomic E-state index is 0.104. The van der Waals surface area contributed by atoms with Gasteiger partial charge in [0, 0.05) is 20.2 Å². The highest BCUT2D eigenvalue weighted by Gasteiger charge is 2.27. The SMILES string of the molecule is CCN(CCOC)C(=O)C(C)(C)Br. The van der Waals surface area contributed by atoms with Crippen LogP contribution in [0.3, 0.4) is 0 Å². The van der Waals surface area contributed by atoms with Crippen molar-refractivity contribution in [2.45, 2.75) is 25.1 Å². The van der Waals surface area contributed by atoms with E-state index >= 15 is 0 Å². The minimum Gasteiger partial charge on any atom is -0.383 e. The van der Waals surface area contributed by atoms with E-state index in [1.165, 1.54) is 0 Å². The third-order valence-corrected chi connectivity index (χ3v) is 2.08. The van der Waals surface area contributed by atoms with Gasteiger partial charge in [-0.2, -0.15) is 0 Å². The number of likely N-dealkylation sites (N-methyl/N-ethyl adjacent to an activating group) is 1. The van der Waals surface area contributed by atoms with Crippen molar-refractivity contribution >= 4 is 21.8 Å². The smallest absolute Gasteiger partial charge is 0.238 e. The van der Waals surface area contributed by atoms with E-state index in [0.717, 1.165) is 6.54 Å². The molecule has 0 atom stereocenters. The minimum atomic E-state index is -0.475. The number of hydrogen-bond acceptors (Lipinski definition) is 2. The van der Waals surface area contributed by atoms with Crippen LogP contribution in [-0.2, 0) is 9.53 Å². The lowest BCUT2D eigenvalue weighted by Gasteiger charge is -2.26. The van der Waals surface area contributed by atoms with Crippen LogP contribution in [0.1, 0.15) is 20.8 Å². The van der Waals surface area contributed by atoms with Crippen LogP contribution >= 0.6 is 15.9 Å². The zero-order chi connectivity index (χ0) is 10.5. The number of amides is 1. The Bertz CT molecular complexity index is 165. The lowest BCUT2D eigenvalue weighted by Crippen LogP contribution is -2.43. The van der Waals surface area contributed by atoms with Crippen LogP contribution in [0.25, 0.3) is 0 Å². The van der Waals surface area contributed by atoms with Crippen molar-refractivity contribution in [3.63, 3.8) is 0 Å². The first-order valence-corrected chi connectivity index (χ1v) is 5.20. The van der Waals surface area contributed by atoms with Gasteiger partial charge in [-0.15, -0.1) is 0 Å². The standard InChI is InChI=1S/C9H18BrNO2/c1-5-11(6-7-13-4)8(12)9(2,3)10/h5-7H2,1-4H3. The molecule has 0 rings (SSSR count). The Morgan fingerprint density at radius 2 is 2.08 bits per heavy atom. The van der Waals surface area contributed by atoms with Crippen LogP contribution in [-0.4, -0.2) is 41.9 Å². The number of carbonyl (C=O) groups excluding carboxylic acids is 1. The molecule has 0 saturated heterocycles. The van der Waals surface area contributed by atoms with Crippen LogP contribution in [0.4, 0.5) is 0 Å². The van der Waals surface area contributed by atoms with Crippen LogP contribution in [0, 0.1) is 0 Å².